The van der Waals surface area contributed by atoms with Gasteiger partial charge in [-0.05, 0) is 42.8 Å². The van der Waals surface area contributed by atoms with Crippen molar-refractivity contribution in [3.63, 3.8) is 0 Å². The average molecular weight is 268 g/mol. The molecule has 2 heterocycles. The van der Waals surface area contributed by atoms with Crippen molar-refractivity contribution in [2.24, 2.45) is 0 Å². The summed E-state index contributed by atoms with van der Waals surface area (Å²) in [5, 5.41) is 4.47. The molecule has 0 spiro atoms. The summed E-state index contributed by atoms with van der Waals surface area (Å²) in [6, 6.07) is 8.29. The van der Waals surface area contributed by atoms with Crippen LogP contribution in [0.15, 0.2) is 48.9 Å². The zero-order chi connectivity index (χ0) is 14.1. The van der Waals surface area contributed by atoms with Crippen LogP contribution in [0, 0.1) is 12.7 Å². The first-order valence-corrected chi connectivity index (χ1v) is 6.17. The Morgan fingerprint density at radius 3 is 2.80 bits per heavy atom. The van der Waals surface area contributed by atoms with E-state index >= 15 is 0 Å². The second-order valence-electron chi connectivity index (χ2n) is 4.55. The third kappa shape index (κ3) is 2.14. The van der Waals surface area contributed by atoms with E-state index in [0.29, 0.717) is 11.4 Å². The Morgan fingerprint density at radius 1 is 1.25 bits per heavy atom. The lowest BCUT2D eigenvalue weighted by Crippen LogP contribution is -1.98. The van der Waals surface area contributed by atoms with Gasteiger partial charge in [0.25, 0.3) is 0 Å². The number of nitrogen functional groups attached to an aromatic ring is 1. The maximum atomic E-state index is 13.2. The third-order valence-corrected chi connectivity index (χ3v) is 3.08. The van der Waals surface area contributed by atoms with E-state index < -0.39 is 0 Å². The predicted molar refractivity (Wildman–Crippen MR) is 75.9 cm³/mol. The molecule has 4 nitrogen and oxygen atoms in total. The Bertz CT molecular complexity index is 750. The van der Waals surface area contributed by atoms with E-state index in [4.69, 9.17) is 5.73 Å². The van der Waals surface area contributed by atoms with E-state index in [0.717, 1.165) is 16.8 Å². The molecule has 20 heavy (non-hydrogen) atoms. The molecule has 100 valence electrons. The molecule has 3 aromatic rings. The molecule has 0 amide bonds. The molecule has 0 bridgehead atoms. The number of hydrogen-bond donors (Lipinski definition) is 1. The van der Waals surface area contributed by atoms with Gasteiger partial charge in [-0.15, -0.1) is 0 Å². The summed E-state index contributed by atoms with van der Waals surface area (Å²) in [5.41, 5.74) is 9.68. The molecular formula is C15H13FN4. The van der Waals surface area contributed by atoms with Gasteiger partial charge in [0.05, 0.1) is 17.6 Å². The van der Waals surface area contributed by atoms with Gasteiger partial charge in [-0.1, -0.05) is 0 Å². The highest BCUT2D eigenvalue weighted by Gasteiger charge is 2.11. The molecule has 0 aliphatic heterocycles. The number of halogens is 1. The zero-order valence-electron chi connectivity index (χ0n) is 10.9. The van der Waals surface area contributed by atoms with Gasteiger partial charge in [-0.3, -0.25) is 4.98 Å². The van der Waals surface area contributed by atoms with E-state index in [2.05, 4.69) is 10.1 Å². The smallest absolute Gasteiger partial charge is 0.123 e. The average Bonchev–Trinajstić information content (AvgIpc) is 2.81. The van der Waals surface area contributed by atoms with Gasteiger partial charge in [-0.25, -0.2) is 9.07 Å². The Kier molecular flexibility index (Phi) is 2.95. The number of hydrogen-bond acceptors (Lipinski definition) is 3. The molecular weight excluding hydrogens is 255 g/mol. The molecule has 0 aliphatic carbocycles. The number of nitrogens with two attached hydrogens (primary N) is 1. The van der Waals surface area contributed by atoms with Gasteiger partial charge in [0, 0.05) is 18.0 Å². The Morgan fingerprint density at radius 2 is 2.10 bits per heavy atom. The molecule has 0 saturated carbocycles. The lowest BCUT2D eigenvalue weighted by atomic mass is 10.2. The Hall–Kier alpha value is -2.69. The van der Waals surface area contributed by atoms with E-state index in [9.17, 15) is 4.39 Å². The van der Waals surface area contributed by atoms with Crippen LogP contribution < -0.4 is 5.73 Å². The van der Waals surface area contributed by atoms with E-state index in [-0.39, 0.29) is 5.82 Å². The lowest BCUT2D eigenvalue weighted by molar-refractivity contribution is 0.625. The molecule has 1 aromatic carbocycles. The van der Waals surface area contributed by atoms with Crippen LogP contribution in [-0.2, 0) is 0 Å². The number of nitrogens with zero attached hydrogens (tertiary/aromatic N) is 3. The standard InChI is InChI=1S/C15H13FN4/c1-10-7-12(16)4-5-14(10)20-9-13(17)15(19-20)11-3-2-6-18-8-11/h2-9H,17H2,1H3. The lowest BCUT2D eigenvalue weighted by Gasteiger charge is -2.05. The predicted octanol–water partition coefficient (Wildman–Crippen LogP) is 2.96. The van der Waals surface area contributed by atoms with Crippen LogP contribution in [0.25, 0.3) is 16.9 Å². The maximum Gasteiger partial charge on any atom is 0.123 e. The van der Waals surface area contributed by atoms with Crippen molar-refractivity contribution in [3.05, 3.63) is 60.3 Å². The van der Waals surface area contributed by atoms with E-state index in [1.807, 2.05) is 19.1 Å². The highest BCUT2D eigenvalue weighted by Crippen LogP contribution is 2.25. The third-order valence-electron chi connectivity index (χ3n) is 3.08. The topological polar surface area (TPSA) is 56.7 Å². The van der Waals surface area contributed by atoms with Crippen LogP contribution in [-0.4, -0.2) is 14.8 Å². The Labute approximate surface area is 115 Å². The second-order valence-corrected chi connectivity index (χ2v) is 4.55. The number of anilines is 1. The molecule has 0 fully saturated rings. The minimum Gasteiger partial charge on any atom is -0.396 e. The fourth-order valence-electron chi connectivity index (χ4n) is 2.11. The molecule has 0 atom stereocenters. The molecule has 0 radical (unpaired) electrons. The number of benzene rings is 1. The zero-order valence-corrected chi connectivity index (χ0v) is 10.9. The van der Waals surface area contributed by atoms with Crippen LogP contribution in [0.3, 0.4) is 0 Å². The molecule has 0 aliphatic rings. The van der Waals surface area contributed by atoms with Crippen LogP contribution >= 0.6 is 0 Å². The van der Waals surface area contributed by atoms with Gasteiger partial charge < -0.3 is 5.73 Å². The van der Waals surface area contributed by atoms with Gasteiger partial charge in [-0.2, -0.15) is 5.10 Å². The summed E-state index contributed by atoms with van der Waals surface area (Å²) >= 11 is 0. The van der Waals surface area contributed by atoms with Crippen molar-refractivity contribution in [2.75, 3.05) is 5.73 Å². The summed E-state index contributed by atoms with van der Waals surface area (Å²) in [5.74, 6) is -0.265. The molecule has 3 rings (SSSR count). The number of rotatable bonds is 2. The number of pyridine rings is 1. The number of aryl methyl sites for hydroxylation is 1. The first kappa shape index (κ1) is 12.3. The van der Waals surface area contributed by atoms with E-state index in [1.165, 1.54) is 12.1 Å². The van der Waals surface area contributed by atoms with Crippen LogP contribution in [0.5, 0.6) is 0 Å². The van der Waals surface area contributed by atoms with Gasteiger partial charge in [0.2, 0.25) is 0 Å². The van der Waals surface area contributed by atoms with Crippen molar-refractivity contribution in [1.29, 1.82) is 0 Å². The van der Waals surface area contributed by atoms with E-state index in [1.54, 1.807) is 29.3 Å². The van der Waals surface area contributed by atoms with Crippen molar-refractivity contribution >= 4 is 5.69 Å². The summed E-state index contributed by atoms with van der Waals surface area (Å²) < 4.78 is 14.8. The van der Waals surface area contributed by atoms with Crippen molar-refractivity contribution in [3.8, 4) is 16.9 Å². The van der Waals surface area contributed by atoms with Crippen molar-refractivity contribution < 1.29 is 4.39 Å². The van der Waals surface area contributed by atoms with Crippen molar-refractivity contribution in [1.82, 2.24) is 14.8 Å². The van der Waals surface area contributed by atoms with Crippen molar-refractivity contribution in [2.45, 2.75) is 6.92 Å². The highest BCUT2D eigenvalue weighted by molar-refractivity contribution is 5.71. The summed E-state index contributed by atoms with van der Waals surface area (Å²) in [6.07, 6.45) is 5.13. The molecule has 2 aromatic heterocycles. The largest absolute Gasteiger partial charge is 0.396 e. The summed E-state index contributed by atoms with van der Waals surface area (Å²) in [6.45, 7) is 1.83. The number of aromatic nitrogens is 3. The molecule has 0 unspecified atom stereocenters. The normalized spacial score (nSPS) is 10.7. The highest BCUT2D eigenvalue weighted by atomic mass is 19.1. The second kappa shape index (κ2) is 4.77. The van der Waals surface area contributed by atoms with Crippen LogP contribution in [0.4, 0.5) is 10.1 Å². The summed E-state index contributed by atoms with van der Waals surface area (Å²) in [4.78, 5) is 4.06. The van der Waals surface area contributed by atoms with Gasteiger partial charge in [0.15, 0.2) is 0 Å². The quantitative estimate of drug-likeness (QED) is 0.777. The molecule has 5 heteroatoms. The minimum absolute atomic E-state index is 0.265. The SMILES string of the molecule is Cc1cc(F)ccc1-n1cc(N)c(-c2cccnc2)n1. The monoisotopic (exact) mass is 268 g/mol. The fraction of sp³-hybridized carbons (Fsp3) is 0.0667. The van der Waals surface area contributed by atoms with Crippen LogP contribution in [0.1, 0.15) is 5.56 Å². The first-order chi connectivity index (χ1) is 9.65. The summed E-state index contributed by atoms with van der Waals surface area (Å²) in [7, 11) is 0. The first-order valence-electron chi connectivity index (χ1n) is 6.17. The fourth-order valence-corrected chi connectivity index (χ4v) is 2.11. The molecule has 0 saturated heterocycles. The maximum absolute atomic E-state index is 13.2. The van der Waals surface area contributed by atoms with Crippen LogP contribution in [0.2, 0.25) is 0 Å². The minimum atomic E-state index is -0.265. The van der Waals surface area contributed by atoms with Gasteiger partial charge >= 0.3 is 0 Å². The Balaban J connectivity index is 2.09. The molecule has 2 N–H and O–H groups in total. The van der Waals surface area contributed by atoms with Gasteiger partial charge in [0.1, 0.15) is 11.5 Å².